The highest BCUT2D eigenvalue weighted by Gasteiger charge is 2.38. The van der Waals surface area contributed by atoms with E-state index in [-0.39, 0.29) is 11.8 Å². The number of piperidine rings is 3. The van der Waals surface area contributed by atoms with Crippen LogP contribution in [0.5, 0.6) is 0 Å². The Hall–Kier alpha value is -2.47. The van der Waals surface area contributed by atoms with Gasteiger partial charge in [0, 0.05) is 6.54 Å². The highest BCUT2D eigenvalue weighted by atomic mass is 19.1. The van der Waals surface area contributed by atoms with Gasteiger partial charge in [-0.1, -0.05) is 24.3 Å². The minimum absolute atomic E-state index is 0.148. The zero-order valence-corrected chi connectivity index (χ0v) is 14.9. The van der Waals surface area contributed by atoms with E-state index in [0.717, 1.165) is 32.5 Å². The molecule has 5 rings (SSSR count). The van der Waals surface area contributed by atoms with E-state index in [2.05, 4.69) is 10.2 Å². The molecule has 3 aliphatic rings. The number of para-hydroxylation sites is 1. The molecule has 1 unspecified atom stereocenters. The molecule has 4 nitrogen and oxygen atoms in total. The van der Waals surface area contributed by atoms with E-state index in [1.807, 2.05) is 0 Å². The fourth-order valence-corrected chi connectivity index (χ4v) is 3.93. The molecule has 2 aromatic rings. The van der Waals surface area contributed by atoms with Crippen LogP contribution in [0.15, 0.2) is 48.5 Å². The Kier molecular flexibility index (Phi) is 5.07. The quantitative estimate of drug-likeness (QED) is 0.812. The molecule has 3 heterocycles. The van der Waals surface area contributed by atoms with E-state index in [0.29, 0.717) is 11.5 Å². The number of nitrogens with zero attached hydrogens (tertiary/aromatic N) is 1. The van der Waals surface area contributed by atoms with Crippen molar-refractivity contribution in [2.45, 2.75) is 25.0 Å². The first-order valence-corrected chi connectivity index (χ1v) is 9.29. The lowest BCUT2D eigenvalue weighted by molar-refractivity contribution is -0.159. The molecule has 142 valence electrons. The lowest BCUT2D eigenvalue weighted by Crippen LogP contribution is -2.52. The van der Waals surface area contributed by atoms with Gasteiger partial charge in [0.05, 0.1) is 5.69 Å². The van der Waals surface area contributed by atoms with Gasteiger partial charge < -0.3 is 10.1 Å². The van der Waals surface area contributed by atoms with Crippen molar-refractivity contribution in [1.29, 1.82) is 0 Å². The van der Waals surface area contributed by atoms with Crippen LogP contribution in [0, 0.1) is 17.6 Å². The largest absolute Gasteiger partial charge is 0.459 e. The van der Waals surface area contributed by atoms with Gasteiger partial charge in [-0.3, -0.25) is 4.90 Å². The zero-order valence-electron chi connectivity index (χ0n) is 14.9. The van der Waals surface area contributed by atoms with Crippen LogP contribution >= 0.6 is 0 Å². The van der Waals surface area contributed by atoms with Gasteiger partial charge in [-0.25, -0.2) is 13.6 Å². The average Bonchev–Trinajstić information content (AvgIpc) is 2.69. The number of ether oxygens (including phenoxy) is 1. The fraction of sp³-hybridized carbons (Fsp3) is 0.381. The smallest absolute Gasteiger partial charge is 0.333 e. The zero-order chi connectivity index (χ0) is 18.8. The maximum absolute atomic E-state index is 14.1. The Morgan fingerprint density at radius 3 is 2.41 bits per heavy atom. The summed E-state index contributed by atoms with van der Waals surface area (Å²) in [5, 5.41) is 2.93. The molecular formula is C21H22F2N2O2. The molecule has 0 aliphatic carbocycles. The van der Waals surface area contributed by atoms with Crippen molar-refractivity contribution in [2.24, 2.45) is 5.92 Å². The number of hydrogen-bond donors (Lipinski definition) is 1. The molecule has 3 fully saturated rings. The van der Waals surface area contributed by atoms with Gasteiger partial charge in [0.25, 0.3) is 0 Å². The average molecular weight is 372 g/mol. The van der Waals surface area contributed by atoms with Crippen molar-refractivity contribution >= 4 is 11.7 Å². The highest BCUT2D eigenvalue weighted by molar-refractivity contribution is 5.81. The van der Waals surface area contributed by atoms with Crippen molar-refractivity contribution in [2.75, 3.05) is 25.0 Å². The summed E-state index contributed by atoms with van der Waals surface area (Å²) in [5.41, 5.74) is 0.739. The van der Waals surface area contributed by atoms with Gasteiger partial charge in [-0.15, -0.1) is 0 Å². The third-order valence-electron chi connectivity index (χ3n) is 5.48. The number of fused-ring (bicyclic) bond motifs is 3. The molecule has 0 radical (unpaired) electrons. The molecule has 2 bridgehead atoms. The van der Waals surface area contributed by atoms with Crippen LogP contribution in [0.3, 0.4) is 0 Å². The number of hydrogen-bond acceptors (Lipinski definition) is 4. The topological polar surface area (TPSA) is 41.6 Å². The molecule has 3 saturated heterocycles. The van der Waals surface area contributed by atoms with Crippen molar-refractivity contribution < 1.29 is 18.3 Å². The number of carbonyl (C=O) groups is 1. The fourth-order valence-electron chi connectivity index (χ4n) is 3.93. The summed E-state index contributed by atoms with van der Waals surface area (Å²) < 4.78 is 33.2. The summed E-state index contributed by atoms with van der Waals surface area (Å²) >= 11 is 0. The Morgan fingerprint density at radius 1 is 1.07 bits per heavy atom. The van der Waals surface area contributed by atoms with E-state index in [1.54, 1.807) is 18.2 Å². The standard InChI is InChI=1S/C21H22F2N2O2/c22-16-7-5-15(6-8-16)20(24-18-4-2-1-3-17(18)23)21(26)27-19-13-25-11-9-14(19)10-12-25/h1-8,14,19-20,24H,9-13H2/t19-,20?/m0/s1. The van der Waals surface area contributed by atoms with E-state index < -0.39 is 23.6 Å². The summed E-state index contributed by atoms with van der Waals surface area (Å²) in [4.78, 5) is 15.3. The number of anilines is 1. The van der Waals surface area contributed by atoms with E-state index in [9.17, 15) is 13.6 Å². The first-order chi connectivity index (χ1) is 13.1. The molecule has 27 heavy (non-hydrogen) atoms. The Balaban J connectivity index is 1.56. The van der Waals surface area contributed by atoms with Crippen molar-refractivity contribution in [3.63, 3.8) is 0 Å². The number of carbonyl (C=O) groups excluding carboxylic acids is 1. The maximum atomic E-state index is 14.1. The van der Waals surface area contributed by atoms with Crippen molar-refractivity contribution in [3.8, 4) is 0 Å². The molecule has 0 spiro atoms. The molecule has 3 aliphatic heterocycles. The predicted molar refractivity (Wildman–Crippen MR) is 98.2 cm³/mol. The van der Waals surface area contributed by atoms with Crippen molar-refractivity contribution in [1.82, 2.24) is 4.90 Å². The van der Waals surface area contributed by atoms with Crippen LogP contribution in [0.25, 0.3) is 0 Å². The summed E-state index contributed by atoms with van der Waals surface area (Å²) in [6.45, 7) is 2.84. The van der Waals surface area contributed by atoms with Crippen LogP contribution in [0.2, 0.25) is 0 Å². The number of nitrogens with one attached hydrogen (secondary N) is 1. The van der Waals surface area contributed by atoms with Gasteiger partial charge in [-0.2, -0.15) is 0 Å². The predicted octanol–water partition coefficient (Wildman–Crippen LogP) is 3.76. The highest BCUT2D eigenvalue weighted by Crippen LogP contribution is 2.31. The van der Waals surface area contributed by atoms with E-state index >= 15 is 0 Å². The van der Waals surface area contributed by atoms with Crippen molar-refractivity contribution in [3.05, 3.63) is 65.7 Å². The Bertz CT molecular complexity index is 804. The third kappa shape index (κ3) is 3.95. The number of halogens is 2. The SMILES string of the molecule is O=C(O[C@H]1CN2CCC1CC2)C(Nc1ccccc1F)c1ccc(F)cc1. The number of rotatable bonds is 5. The molecule has 0 amide bonds. The molecule has 0 saturated carbocycles. The normalized spacial score (nSPS) is 25.0. The van der Waals surface area contributed by atoms with Gasteiger partial charge in [0.15, 0.2) is 6.04 Å². The Morgan fingerprint density at radius 2 is 1.78 bits per heavy atom. The third-order valence-corrected chi connectivity index (χ3v) is 5.48. The lowest BCUT2D eigenvalue weighted by atomic mass is 9.86. The Labute approximate surface area is 157 Å². The van der Waals surface area contributed by atoms with E-state index in [4.69, 9.17) is 4.74 Å². The second-order valence-electron chi connectivity index (χ2n) is 7.22. The maximum Gasteiger partial charge on any atom is 0.333 e. The van der Waals surface area contributed by atoms with Crippen LogP contribution in [0.4, 0.5) is 14.5 Å². The minimum Gasteiger partial charge on any atom is -0.459 e. The second kappa shape index (κ2) is 7.64. The molecule has 6 heteroatoms. The monoisotopic (exact) mass is 372 g/mol. The molecule has 2 atom stereocenters. The van der Waals surface area contributed by atoms with Gasteiger partial charge >= 0.3 is 5.97 Å². The van der Waals surface area contributed by atoms with Crippen LogP contribution < -0.4 is 5.32 Å². The van der Waals surface area contributed by atoms with Gasteiger partial charge in [0.1, 0.15) is 17.7 Å². The summed E-state index contributed by atoms with van der Waals surface area (Å²) in [6, 6.07) is 10.9. The number of benzene rings is 2. The van der Waals surface area contributed by atoms with E-state index in [1.165, 1.54) is 30.3 Å². The molecule has 2 aromatic carbocycles. The van der Waals surface area contributed by atoms with Gasteiger partial charge in [0.2, 0.25) is 0 Å². The molecular weight excluding hydrogens is 350 g/mol. The molecule has 0 aromatic heterocycles. The summed E-state index contributed by atoms with van der Waals surface area (Å²) in [7, 11) is 0. The lowest BCUT2D eigenvalue weighted by Gasteiger charge is -2.44. The first-order valence-electron chi connectivity index (χ1n) is 9.29. The van der Waals surface area contributed by atoms with Crippen LogP contribution in [0.1, 0.15) is 24.4 Å². The van der Waals surface area contributed by atoms with Gasteiger partial charge in [-0.05, 0) is 61.7 Å². The van der Waals surface area contributed by atoms with Crippen LogP contribution in [-0.2, 0) is 9.53 Å². The van der Waals surface area contributed by atoms with Crippen LogP contribution in [-0.4, -0.2) is 36.6 Å². The summed E-state index contributed by atoms with van der Waals surface area (Å²) in [5.74, 6) is -0.945. The first kappa shape index (κ1) is 17.9. The molecule has 1 N–H and O–H groups in total. The number of esters is 1. The summed E-state index contributed by atoms with van der Waals surface area (Å²) in [6.07, 6.45) is 1.91. The second-order valence-corrected chi connectivity index (χ2v) is 7.22. The minimum atomic E-state index is -0.905.